The molecule has 0 spiro atoms. The Kier molecular flexibility index (Phi) is 3.72. The van der Waals surface area contributed by atoms with Gasteiger partial charge in [-0.3, -0.25) is 4.98 Å². The molecule has 0 aliphatic rings. The number of hydrogen-bond donors (Lipinski definition) is 1. The molecule has 4 heteroatoms. The van der Waals surface area contributed by atoms with Gasteiger partial charge in [0, 0.05) is 23.3 Å². The summed E-state index contributed by atoms with van der Waals surface area (Å²) in [5, 5.41) is 6.16. The van der Waals surface area contributed by atoms with Gasteiger partial charge in [0.1, 0.15) is 0 Å². The SMILES string of the molecule is CCNC(c1ccoc1Cl)c1cncc2ccccc12. The van der Waals surface area contributed by atoms with Crippen LogP contribution in [0.25, 0.3) is 10.8 Å². The molecule has 1 aromatic carbocycles. The highest BCUT2D eigenvalue weighted by Crippen LogP contribution is 2.32. The van der Waals surface area contributed by atoms with Crippen LogP contribution in [0.5, 0.6) is 0 Å². The average molecular weight is 287 g/mol. The van der Waals surface area contributed by atoms with Crippen LogP contribution in [-0.2, 0) is 0 Å². The Morgan fingerprint density at radius 1 is 1.20 bits per heavy atom. The molecule has 3 nitrogen and oxygen atoms in total. The van der Waals surface area contributed by atoms with Crippen LogP contribution >= 0.6 is 11.6 Å². The van der Waals surface area contributed by atoms with E-state index >= 15 is 0 Å². The molecule has 0 fully saturated rings. The van der Waals surface area contributed by atoms with Gasteiger partial charge in [0.2, 0.25) is 0 Å². The number of hydrogen-bond acceptors (Lipinski definition) is 3. The van der Waals surface area contributed by atoms with Gasteiger partial charge in [0.25, 0.3) is 0 Å². The summed E-state index contributed by atoms with van der Waals surface area (Å²) in [7, 11) is 0. The molecule has 0 bridgehead atoms. The van der Waals surface area contributed by atoms with E-state index in [1.54, 1.807) is 6.26 Å². The zero-order valence-electron chi connectivity index (χ0n) is 11.1. The molecule has 20 heavy (non-hydrogen) atoms. The number of pyridine rings is 1. The monoisotopic (exact) mass is 286 g/mol. The predicted molar refractivity (Wildman–Crippen MR) is 81.0 cm³/mol. The maximum Gasteiger partial charge on any atom is 0.198 e. The molecule has 0 amide bonds. The highest BCUT2D eigenvalue weighted by molar-refractivity contribution is 6.29. The van der Waals surface area contributed by atoms with E-state index in [4.69, 9.17) is 16.0 Å². The Morgan fingerprint density at radius 3 is 2.80 bits per heavy atom. The van der Waals surface area contributed by atoms with Crippen LogP contribution < -0.4 is 5.32 Å². The van der Waals surface area contributed by atoms with Gasteiger partial charge in [-0.2, -0.15) is 0 Å². The van der Waals surface area contributed by atoms with Gasteiger partial charge < -0.3 is 9.73 Å². The molecule has 3 aromatic rings. The van der Waals surface area contributed by atoms with Gasteiger partial charge in [0.15, 0.2) is 5.22 Å². The average Bonchev–Trinajstić information content (AvgIpc) is 2.90. The maximum atomic E-state index is 6.14. The molecule has 2 heterocycles. The molecular formula is C16H15ClN2O. The molecule has 1 atom stereocenters. The first-order valence-corrected chi connectivity index (χ1v) is 6.98. The Labute approximate surface area is 122 Å². The molecule has 1 unspecified atom stereocenters. The van der Waals surface area contributed by atoms with E-state index in [1.165, 1.54) is 5.39 Å². The van der Waals surface area contributed by atoms with Crippen molar-refractivity contribution >= 4 is 22.4 Å². The topological polar surface area (TPSA) is 38.1 Å². The zero-order chi connectivity index (χ0) is 13.9. The van der Waals surface area contributed by atoms with Gasteiger partial charge in [-0.05, 0) is 35.2 Å². The Balaban J connectivity index is 2.17. The second-order valence-electron chi connectivity index (χ2n) is 4.59. The van der Waals surface area contributed by atoms with Gasteiger partial charge in [-0.15, -0.1) is 0 Å². The number of aromatic nitrogens is 1. The van der Waals surface area contributed by atoms with E-state index < -0.39 is 0 Å². The van der Waals surface area contributed by atoms with E-state index in [1.807, 2.05) is 30.6 Å². The second-order valence-corrected chi connectivity index (χ2v) is 4.93. The maximum absolute atomic E-state index is 6.14. The van der Waals surface area contributed by atoms with Gasteiger partial charge >= 0.3 is 0 Å². The smallest absolute Gasteiger partial charge is 0.198 e. The minimum Gasteiger partial charge on any atom is -0.453 e. The fourth-order valence-corrected chi connectivity index (χ4v) is 2.70. The Morgan fingerprint density at radius 2 is 2.05 bits per heavy atom. The van der Waals surface area contributed by atoms with Crippen molar-refractivity contribution in [3.05, 3.63) is 65.3 Å². The Hall–Kier alpha value is -1.84. The van der Waals surface area contributed by atoms with Crippen LogP contribution in [0.3, 0.4) is 0 Å². The molecule has 0 radical (unpaired) electrons. The summed E-state index contributed by atoms with van der Waals surface area (Å²) in [4.78, 5) is 4.34. The summed E-state index contributed by atoms with van der Waals surface area (Å²) in [5.74, 6) is 0. The van der Waals surface area contributed by atoms with Crippen LogP contribution in [0, 0.1) is 0 Å². The lowest BCUT2D eigenvalue weighted by atomic mass is 9.97. The zero-order valence-corrected chi connectivity index (χ0v) is 11.9. The van der Waals surface area contributed by atoms with Crippen LogP contribution in [0.15, 0.2) is 53.4 Å². The minimum absolute atomic E-state index is 0.0233. The van der Waals surface area contributed by atoms with Gasteiger partial charge in [-0.25, -0.2) is 0 Å². The Bertz CT molecular complexity index is 718. The number of halogens is 1. The summed E-state index contributed by atoms with van der Waals surface area (Å²) in [6.45, 7) is 2.90. The first-order chi connectivity index (χ1) is 9.81. The van der Waals surface area contributed by atoms with E-state index in [-0.39, 0.29) is 6.04 Å². The third kappa shape index (κ3) is 2.30. The molecule has 0 saturated heterocycles. The van der Waals surface area contributed by atoms with Crippen molar-refractivity contribution in [3.8, 4) is 0 Å². The van der Waals surface area contributed by atoms with Gasteiger partial charge in [-0.1, -0.05) is 31.2 Å². The van der Waals surface area contributed by atoms with Crippen LogP contribution in [0.4, 0.5) is 0 Å². The molecule has 0 aliphatic heterocycles. The normalized spacial score (nSPS) is 12.7. The molecule has 0 aliphatic carbocycles. The van der Waals surface area contributed by atoms with Crippen molar-refractivity contribution in [2.24, 2.45) is 0 Å². The van der Waals surface area contributed by atoms with Crippen molar-refractivity contribution in [2.45, 2.75) is 13.0 Å². The standard InChI is InChI=1S/C16H15ClN2O/c1-2-19-15(13-7-8-20-16(13)17)14-10-18-9-11-5-3-4-6-12(11)14/h3-10,15,19H,2H2,1H3. The fraction of sp³-hybridized carbons (Fsp3) is 0.188. The third-order valence-corrected chi connectivity index (χ3v) is 3.68. The lowest BCUT2D eigenvalue weighted by molar-refractivity contribution is 0.555. The highest BCUT2D eigenvalue weighted by Gasteiger charge is 2.20. The minimum atomic E-state index is -0.0233. The lowest BCUT2D eigenvalue weighted by Crippen LogP contribution is -2.22. The van der Waals surface area contributed by atoms with E-state index in [0.29, 0.717) is 5.22 Å². The van der Waals surface area contributed by atoms with Gasteiger partial charge in [0.05, 0.1) is 12.3 Å². The first kappa shape index (κ1) is 13.2. The van der Waals surface area contributed by atoms with Crippen LogP contribution in [0.2, 0.25) is 5.22 Å². The quantitative estimate of drug-likeness (QED) is 0.782. The number of rotatable bonds is 4. The fourth-order valence-electron chi connectivity index (χ4n) is 2.47. The molecule has 0 saturated carbocycles. The van der Waals surface area contributed by atoms with Crippen molar-refractivity contribution in [3.63, 3.8) is 0 Å². The third-order valence-electron chi connectivity index (χ3n) is 3.38. The van der Waals surface area contributed by atoms with E-state index in [9.17, 15) is 0 Å². The summed E-state index contributed by atoms with van der Waals surface area (Å²) in [5.41, 5.74) is 2.04. The summed E-state index contributed by atoms with van der Waals surface area (Å²) >= 11 is 6.14. The number of nitrogens with zero attached hydrogens (tertiary/aromatic N) is 1. The highest BCUT2D eigenvalue weighted by atomic mass is 35.5. The lowest BCUT2D eigenvalue weighted by Gasteiger charge is -2.19. The van der Waals surface area contributed by atoms with Crippen LogP contribution in [-0.4, -0.2) is 11.5 Å². The molecular weight excluding hydrogens is 272 g/mol. The van der Waals surface area contributed by atoms with Crippen molar-refractivity contribution < 1.29 is 4.42 Å². The number of fused-ring (bicyclic) bond motifs is 1. The summed E-state index contributed by atoms with van der Waals surface area (Å²) in [6, 6.07) is 10.1. The number of benzene rings is 1. The second kappa shape index (κ2) is 5.65. The molecule has 3 rings (SSSR count). The summed E-state index contributed by atoms with van der Waals surface area (Å²) < 4.78 is 5.23. The van der Waals surface area contributed by atoms with E-state index in [0.717, 1.165) is 23.1 Å². The van der Waals surface area contributed by atoms with Crippen molar-refractivity contribution in [2.75, 3.05) is 6.54 Å². The van der Waals surface area contributed by atoms with E-state index in [2.05, 4.69) is 29.4 Å². The predicted octanol–water partition coefficient (Wildman–Crippen LogP) is 4.18. The molecule has 2 aromatic heterocycles. The first-order valence-electron chi connectivity index (χ1n) is 6.60. The molecule has 1 N–H and O–H groups in total. The largest absolute Gasteiger partial charge is 0.453 e. The molecule has 102 valence electrons. The van der Waals surface area contributed by atoms with Crippen molar-refractivity contribution in [1.29, 1.82) is 0 Å². The van der Waals surface area contributed by atoms with Crippen molar-refractivity contribution in [1.82, 2.24) is 10.3 Å². The van der Waals surface area contributed by atoms with Crippen LogP contribution in [0.1, 0.15) is 24.1 Å². The number of nitrogens with one attached hydrogen (secondary N) is 1. The number of furan rings is 1. The summed E-state index contributed by atoms with van der Waals surface area (Å²) in [6.07, 6.45) is 5.37.